The molecule has 5 fully saturated rings. The second-order valence-corrected chi connectivity index (χ2v) is 8.39. The Bertz CT molecular complexity index is 554. The highest BCUT2D eigenvalue weighted by Gasteiger charge is 2.69. The minimum Gasteiger partial charge on any atom is -0.464 e. The van der Waals surface area contributed by atoms with Gasteiger partial charge < -0.3 is 18.9 Å². The van der Waals surface area contributed by atoms with Crippen LogP contribution in [0.15, 0.2) is 0 Å². The maximum absolute atomic E-state index is 11.7. The van der Waals surface area contributed by atoms with Crippen molar-refractivity contribution < 1.29 is 33.5 Å². The summed E-state index contributed by atoms with van der Waals surface area (Å²) >= 11 is 0. The van der Waals surface area contributed by atoms with Gasteiger partial charge in [-0.25, -0.2) is 14.6 Å². The van der Waals surface area contributed by atoms with Gasteiger partial charge in [-0.05, 0) is 44.9 Å². The summed E-state index contributed by atoms with van der Waals surface area (Å²) in [5, 5.41) is 0. The molecule has 1 saturated carbocycles. The average Bonchev–Trinajstić information content (AvgIpc) is 2.83. The summed E-state index contributed by atoms with van der Waals surface area (Å²) in [6.45, 7) is 8.27. The molecule has 0 amide bonds. The van der Waals surface area contributed by atoms with Gasteiger partial charge in [0.2, 0.25) is 5.79 Å². The minimum absolute atomic E-state index is 0.0605. The second kappa shape index (κ2) is 6.71. The molecule has 0 aromatic rings. The van der Waals surface area contributed by atoms with Crippen molar-refractivity contribution in [3.8, 4) is 0 Å². The third kappa shape index (κ3) is 2.79. The molecule has 2 bridgehead atoms. The number of hydrogen-bond donors (Lipinski definition) is 0. The van der Waals surface area contributed by atoms with Gasteiger partial charge in [0.15, 0.2) is 18.2 Å². The lowest BCUT2D eigenvalue weighted by atomic mass is 9.58. The van der Waals surface area contributed by atoms with Crippen molar-refractivity contribution in [2.75, 3.05) is 13.2 Å². The normalized spacial score (nSPS) is 50.0. The maximum Gasteiger partial charge on any atom is 0.332 e. The Balaban J connectivity index is 1.59. The molecular weight excluding hydrogens is 340 g/mol. The minimum atomic E-state index is -0.802. The van der Waals surface area contributed by atoms with Crippen LogP contribution in [0.25, 0.3) is 0 Å². The first-order valence-corrected chi connectivity index (χ1v) is 9.87. The Morgan fingerprint density at radius 1 is 1.15 bits per heavy atom. The van der Waals surface area contributed by atoms with Crippen LogP contribution in [0.5, 0.6) is 0 Å². The van der Waals surface area contributed by atoms with E-state index in [-0.39, 0.29) is 24.4 Å². The maximum atomic E-state index is 11.7. The van der Waals surface area contributed by atoms with Gasteiger partial charge in [0, 0.05) is 18.3 Å². The first-order chi connectivity index (χ1) is 12.4. The van der Waals surface area contributed by atoms with Crippen LogP contribution in [0.3, 0.4) is 0 Å². The summed E-state index contributed by atoms with van der Waals surface area (Å²) in [5.74, 6) is -0.0847. The van der Waals surface area contributed by atoms with Crippen LogP contribution in [0.4, 0.5) is 0 Å². The Hall–Kier alpha value is -0.730. The van der Waals surface area contributed by atoms with Crippen molar-refractivity contribution in [3.05, 3.63) is 0 Å². The van der Waals surface area contributed by atoms with Crippen LogP contribution >= 0.6 is 0 Å². The number of carbonyl (C=O) groups excluding carboxylic acids is 1. The molecule has 0 radical (unpaired) electrons. The fourth-order valence-electron chi connectivity index (χ4n) is 5.42. The molecule has 0 unspecified atom stereocenters. The van der Waals surface area contributed by atoms with Crippen LogP contribution in [-0.4, -0.2) is 43.2 Å². The van der Waals surface area contributed by atoms with Gasteiger partial charge in [0.1, 0.15) is 6.61 Å². The molecule has 0 aromatic heterocycles. The predicted molar refractivity (Wildman–Crippen MR) is 89.4 cm³/mol. The average molecular weight is 370 g/mol. The first kappa shape index (κ1) is 18.6. The zero-order valence-corrected chi connectivity index (χ0v) is 16.1. The van der Waals surface area contributed by atoms with Gasteiger partial charge in [0.05, 0.1) is 6.61 Å². The van der Waals surface area contributed by atoms with E-state index in [0.29, 0.717) is 18.4 Å². The lowest BCUT2D eigenvalue weighted by Crippen LogP contribution is -2.70. The van der Waals surface area contributed by atoms with Crippen LogP contribution < -0.4 is 0 Å². The van der Waals surface area contributed by atoms with Crippen molar-refractivity contribution in [1.82, 2.24) is 0 Å². The van der Waals surface area contributed by atoms with Gasteiger partial charge >= 0.3 is 5.97 Å². The van der Waals surface area contributed by atoms with Gasteiger partial charge in [0.25, 0.3) is 0 Å². The van der Waals surface area contributed by atoms with Crippen molar-refractivity contribution >= 4 is 5.97 Å². The first-order valence-electron chi connectivity index (χ1n) is 9.87. The van der Waals surface area contributed by atoms with Crippen LogP contribution in [0.1, 0.15) is 53.4 Å². The van der Waals surface area contributed by atoms with E-state index < -0.39 is 24.0 Å². The molecule has 5 aliphatic rings. The molecule has 1 spiro atoms. The third-order valence-electron chi connectivity index (χ3n) is 6.77. The Kier molecular flexibility index (Phi) is 4.80. The topological polar surface area (TPSA) is 72.5 Å². The molecule has 4 heterocycles. The molecule has 4 aliphatic heterocycles. The lowest BCUT2D eigenvalue weighted by Gasteiger charge is -2.60. The molecule has 4 saturated heterocycles. The number of esters is 1. The highest BCUT2D eigenvalue weighted by molar-refractivity contribution is 5.70. The second-order valence-electron chi connectivity index (χ2n) is 8.39. The van der Waals surface area contributed by atoms with E-state index in [1.54, 1.807) is 6.92 Å². The molecule has 0 N–H and O–H groups in total. The molecule has 7 heteroatoms. The lowest BCUT2D eigenvalue weighted by molar-refractivity contribution is -0.577. The van der Waals surface area contributed by atoms with Crippen molar-refractivity contribution in [1.29, 1.82) is 0 Å². The summed E-state index contributed by atoms with van der Waals surface area (Å²) in [4.78, 5) is 23.5. The Morgan fingerprint density at radius 2 is 1.96 bits per heavy atom. The van der Waals surface area contributed by atoms with E-state index in [9.17, 15) is 4.79 Å². The Morgan fingerprint density at radius 3 is 2.73 bits per heavy atom. The monoisotopic (exact) mass is 370 g/mol. The summed E-state index contributed by atoms with van der Waals surface area (Å²) in [5.41, 5.74) is -0.600. The summed E-state index contributed by atoms with van der Waals surface area (Å²) in [6.07, 6.45) is 2.83. The molecule has 8 atom stereocenters. The van der Waals surface area contributed by atoms with E-state index in [0.717, 1.165) is 25.7 Å². The molecule has 0 aromatic carbocycles. The van der Waals surface area contributed by atoms with E-state index in [1.165, 1.54) is 0 Å². The van der Waals surface area contributed by atoms with Crippen LogP contribution in [0.2, 0.25) is 0 Å². The van der Waals surface area contributed by atoms with Gasteiger partial charge in [-0.2, -0.15) is 0 Å². The zero-order valence-electron chi connectivity index (χ0n) is 16.1. The molecular formula is C19H30O7. The SMILES string of the molecule is CCOC(=O)CO[C@H]1O[C@@H]2O[C@]3(C)CC[C@H]4[C@H](C)CC[C@@H]([C@H]1C)[C@@]24OO3. The van der Waals surface area contributed by atoms with Crippen molar-refractivity contribution in [2.45, 2.75) is 77.3 Å². The number of rotatable bonds is 4. The van der Waals surface area contributed by atoms with Crippen LogP contribution in [-0.2, 0) is 33.5 Å². The van der Waals surface area contributed by atoms with Crippen molar-refractivity contribution in [2.24, 2.45) is 23.7 Å². The smallest absolute Gasteiger partial charge is 0.332 e. The fraction of sp³-hybridized carbons (Fsp3) is 0.947. The quantitative estimate of drug-likeness (QED) is 0.556. The Labute approximate surface area is 154 Å². The standard InChI is InChI=1S/C19H30O7/c1-5-21-15(20)10-22-16-12(3)14-7-6-11(2)13-8-9-18(4)24-17(23-16)19(13,14)26-25-18/h11-14,16-17H,5-10H2,1-4H3/t11-,12-,13+,14+,16+,17-,18+,19-/m1/s1. The van der Waals surface area contributed by atoms with Gasteiger partial charge in [-0.1, -0.05) is 13.8 Å². The predicted octanol–water partition coefficient (Wildman–Crippen LogP) is 2.77. The molecule has 26 heavy (non-hydrogen) atoms. The number of ether oxygens (including phenoxy) is 4. The van der Waals surface area contributed by atoms with Gasteiger partial charge in [-0.15, -0.1) is 0 Å². The number of fused-ring (bicyclic) bond motifs is 2. The molecule has 148 valence electrons. The van der Waals surface area contributed by atoms with E-state index in [4.69, 9.17) is 28.7 Å². The highest BCUT2D eigenvalue weighted by Crippen LogP contribution is 2.60. The van der Waals surface area contributed by atoms with E-state index in [1.807, 2.05) is 6.92 Å². The van der Waals surface area contributed by atoms with Crippen LogP contribution in [0, 0.1) is 23.7 Å². The molecule has 7 nitrogen and oxygen atoms in total. The summed E-state index contributed by atoms with van der Waals surface area (Å²) in [6, 6.07) is 0. The number of carbonyl (C=O) groups is 1. The summed E-state index contributed by atoms with van der Waals surface area (Å²) < 4.78 is 23.2. The van der Waals surface area contributed by atoms with E-state index >= 15 is 0 Å². The van der Waals surface area contributed by atoms with E-state index in [2.05, 4.69) is 13.8 Å². The third-order valence-corrected chi connectivity index (χ3v) is 6.77. The number of hydrogen-bond acceptors (Lipinski definition) is 7. The summed E-state index contributed by atoms with van der Waals surface area (Å²) in [7, 11) is 0. The van der Waals surface area contributed by atoms with Gasteiger partial charge in [-0.3, -0.25) is 0 Å². The molecule has 5 rings (SSSR count). The van der Waals surface area contributed by atoms with Crippen molar-refractivity contribution in [3.63, 3.8) is 0 Å². The zero-order chi connectivity index (χ0) is 18.5. The molecule has 1 aliphatic carbocycles. The largest absolute Gasteiger partial charge is 0.464 e. The fourth-order valence-corrected chi connectivity index (χ4v) is 5.42. The highest BCUT2D eigenvalue weighted by atomic mass is 17.3.